The largest absolute Gasteiger partial charge is 0.453 e. The third kappa shape index (κ3) is 5.33. The number of likely N-dealkylation sites (tertiary alicyclic amines) is 1. The zero-order valence-corrected chi connectivity index (χ0v) is 18.2. The van der Waals surface area contributed by atoms with E-state index in [9.17, 15) is 22.4 Å². The minimum Gasteiger partial charge on any atom is -0.453 e. The van der Waals surface area contributed by atoms with Gasteiger partial charge in [-0.05, 0) is 48.9 Å². The number of carbonyl (C=O) groups is 1. The molecule has 0 radical (unpaired) electrons. The molecule has 0 bridgehead atoms. The van der Waals surface area contributed by atoms with Crippen LogP contribution in [0.15, 0.2) is 61.1 Å². The molecule has 34 heavy (non-hydrogen) atoms. The van der Waals surface area contributed by atoms with Crippen molar-refractivity contribution >= 4 is 11.7 Å². The van der Waals surface area contributed by atoms with Crippen LogP contribution in [0.25, 0.3) is 0 Å². The predicted octanol–water partition coefficient (Wildman–Crippen LogP) is 5.00. The highest BCUT2D eigenvalue weighted by Crippen LogP contribution is 2.40. The molecular formula is C24H22F4N4O2. The number of aromatic nitrogens is 2. The number of hydrogen-bond donors (Lipinski definition) is 1. The van der Waals surface area contributed by atoms with Crippen LogP contribution >= 0.6 is 0 Å². The van der Waals surface area contributed by atoms with Crippen molar-refractivity contribution in [2.75, 3.05) is 18.4 Å². The summed E-state index contributed by atoms with van der Waals surface area (Å²) in [5, 5.41) is 2.66. The fourth-order valence-corrected chi connectivity index (χ4v) is 3.82. The number of carbonyl (C=O) groups excluding carboxylic acids is 1. The molecule has 1 aliphatic rings. The SMILES string of the molecule is CC(C(=O)Nc1ccc(Oc2ccc(F)cc2F)cn1)N1CCC(F)(F)C(c2ccncc2)C1. The van der Waals surface area contributed by atoms with Crippen molar-refractivity contribution in [1.82, 2.24) is 14.9 Å². The minimum atomic E-state index is -2.88. The molecule has 1 amide bonds. The van der Waals surface area contributed by atoms with Crippen molar-refractivity contribution in [2.24, 2.45) is 0 Å². The van der Waals surface area contributed by atoms with Crippen LogP contribution in [0.1, 0.15) is 24.8 Å². The lowest BCUT2D eigenvalue weighted by molar-refractivity contribution is -0.125. The number of ether oxygens (including phenoxy) is 1. The Bertz CT molecular complexity index is 1150. The molecule has 10 heteroatoms. The zero-order chi connectivity index (χ0) is 24.3. The van der Waals surface area contributed by atoms with E-state index in [-0.39, 0.29) is 36.8 Å². The van der Waals surface area contributed by atoms with Gasteiger partial charge >= 0.3 is 0 Å². The van der Waals surface area contributed by atoms with Gasteiger partial charge in [0.1, 0.15) is 17.4 Å². The number of nitrogens with zero attached hydrogens (tertiary/aromatic N) is 3. The summed E-state index contributed by atoms with van der Waals surface area (Å²) in [4.78, 5) is 22.4. The summed E-state index contributed by atoms with van der Waals surface area (Å²) in [6, 6.07) is 8.32. The summed E-state index contributed by atoms with van der Waals surface area (Å²) in [6.07, 6.45) is 3.87. The van der Waals surface area contributed by atoms with Gasteiger partial charge in [0.2, 0.25) is 5.91 Å². The second-order valence-corrected chi connectivity index (χ2v) is 8.06. The Morgan fingerprint density at radius 1 is 1.18 bits per heavy atom. The van der Waals surface area contributed by atoms with E-state index in [0.717, 1.165) is 12.1 Å². The summed E-state index contributed by atoms with van der Waals surface area (Å²) in [5.41, 5.74) is 0.479. The van der Waals surface area contributed by atoms with Crippen LogP contribution in [0.2, 0.25) is 0 Å². The first-order chi connectivity index (χ1) is 16.2. The number of benzene rings is 1. The molecule has 0 aliphatic carbocycles. The highest BCUT2D eigenvalue weighted by Gasteiger charge is 2.46. The second-order valence-electron chi connectivity index (χ2n) is 8.06. The van der Waals surface area contributed by atoms with Crippen molar-refractivity contribution < 1.29 is 27.1 Å². The first-order valence-corrected chi connectivity index (χ1v) is 10.6. The number of hydrogen-bond acceptors (Lipinski definition) is 5. The van der Waals surface area contributed by atoms with Crippen LogP contribution in [0.3, 0.4) is 0 Å². The maximum atomic E-state index is 14.6. The lowest BCUT2D eigenvalue weighted by atomic mass is 9.87. The Morgan fingerprint density at radius 2 is 1.94 bits per heavy atom. The van der Waals surface area contributed by atoms with Crippen molar-refractivity contribution in [2.45, 2.75) is 31.2 Å². The zero-order valence-electron chi connectivity index (χ0n) is 18.2. The topological polar surface area (TPSA) is 67.3 Å². The molecule has 0 spiro atoms. The summed E-state index contributed by atoms with van der Waals surface area (Å²) in [6.45, 7) is 1.75. The molecule has 1 aliphatic heterocycles. The van der Waals surface area contributed by atoms with Crippen LogP contribution in [0.5, 0.6) is 11.5 Å². The molecule has 0 saturated carbocycles. The Hall–Kier alpha value is -3.53. The van der Waals surface area contributed by atoms with E-state index in [4.69, 9.17) is 4.74 Å². The number of rotatable bonds is 6. The van der Waals surface area contributed by atoms with E-state index in [1.807, 2.05) is 0 Å². The lowest BCUT2D eigenvalue weighted by Gasteiger charge is -2.40. The van der Waals surface area contributed by atoms with Gasteiger partial charge in [0.25, 0.3) is 5.92 Å². The molecule has 3 aromatic rings. The summed E-state index contributed by atoms with van der Waals surface area (Å²) in [7, 11) is 0. The van der Waals surface area contributed by atoms with Crippen LogP contribution in [0, 0.1) is 11.6 Å². The monoisotopic (exact) mass is 474 g/mol. The molecule has 2 aromatic heterocycles. The third-order valence-corrected chi connectivity index (χ3v) is 5.80. The molecule has 4 rings (SSSR count). The first-order valence-electron chi connectivity index (χ1n) is 10.6. The number of nitrogens with one attached hydrogen (secondary N) is 1. The van der Waals surface area contributed by atoms with E-state index in [2.05, 4.69) is 15.3 Å². The maximum Gasteiger partial charge on any atom is 0.257 e. The normalized spacial score (nSPS) is 18.8. The van der Waals surface area contributed by atoms with Crippen LogP contribution in [0.4, 0.5) is 23.4 Å². The van der Waals surface area contributed by atoms with Gasteiger partial charge in [0.15, 0.2) is 11.6 Å². The highest BCUT2D eigenvalue weighted by molar-refractivity contribution is 5.93. The van der Waals surface area contributed by atoms with Gasteiger partial charge in [-0.15, -0.1) is 0 Å². The predicted molar refractivity (Wildman–Crippen MR) is 117 cm³/mol. The van der Waals surface area contributed by atoms with E-state index < -0.39 is 35.4 Å². The van der Waals surface area contributed by atoms with Crippen LogP contribution in [-0.4, -0.2) is 45.8 Å². The van der Waals surface area contributed by atoms with E-state index >= 15 is 0 Å². The fraction of sp³-hybridized carbons (Fsp3) is 0.292. The molecule has 1 aromatic carbocycles. The van der Waals surface area contributed by atoms with Gasteiger partial charge in [0, 0.05) is 38.0 Å². The number of alkyl halides is 2. The fourth-order valence-electron chi connectivity index (χ4n) is 3.82. The van der Waals surface area contributed by atoms with Gasteiger partial charge in [-0.2, -0.15) is 0 Å². The minimum absolute atomic E-state index is 0.0229. The average molecular weight is 474 g/mol. The van der Waals surface area contributed by atoms with Crippen LogP contribution < -0.4 is 10.1 Å². The molecule has 3 heterocycles. The van der Waals surface area contributed by atoms with Gasteiger partial charge in [0.05, 0.1) is 18.2 Å². The maximum absolute atomic E-state index is 14.6. The number of anilines is 1. The standard InChI is InChI=1S/C24H22F4N4O2/c1-15(32-11-8-24(27,28)19(14-32)16-6-9-29-10-7-16)23(33)31-22-5-3-18(13-30-22)34-21-4-2-17(25)12-20(21)26/h2-7,9-10,12-13,15,19H,8,11,14H2,1H3,(H,30,31,33). The average Bonchev–Trinajstić information content (AvgIpc) is 2.82. The molecular weight excluding hydrogens is 452 g/mol. The number of halogens is 4. The molecule has 1 fully saturated rings. The van der Waals surface area contributed by atoms with E-state index in [0.29, 0.717) is 11.6 Å². The number of amides is 1. The second kappa shape index (κ2) is 9.76. The Kier molecular flexibility index (Phi) is 6.78. The van der Waals surface area contributed by atoms with Crippen molar-refractivity contribution in [3.8, 4) is 11.5 Å². The first kappa shape index (κ1) is 23.6. The smallest absolute Gasteiger partial charge is 0.257 e. The van der Waals surface area contributed by atoms with Crippen LogP contribution in [-0.2, 0) is 4.79 Å². The molecule has 1 N–H and O–H groups in total. The molecule has 2 unspecified atom stereocenters. The lowest BCUT2D eigenvalue weighted by Crippen LogP contribution is -2.52. The summed E-state index contributed by atoms with van der Waals surface area (Å²) < 4.78 is 61.2. The van der Waals surface area contributed by atoms with E-state index in [1.54, 1.807) is 24.0 Å². The van der Waals surface area contributed by atoms with Crippen molar-refractivity contribution in [3.05, 3.63) is 78.3 Å². The van der Waals surface area contributed by atoms with Gasteiger partial charge < -0.3 is 10.1 Å². The molecule has 2 atom stereocenters. The summed E-state index contributed by atoms with van der Waals surface area (Å²) >= 11 is 0. The number of piperidine rings is 1. The Labute approximate surface area is 193 Å². The van der Waals surface area contributed by atoms with Gasteiger partial charge in [-0.3, -0.25) is 14.7 Å². The summed E-state index contributed by atoms with van der Waals surface area (Å²) in [5.74, 6) is -5.66. The molecule has 6 nitrogen and oxygen atoms in total. The highest BCUT2D eigenvalue weighted by atomic mass is 19.3. The van der Waals surface area contributed by atoms with Gasteiger partial charge in [-0.1, -0.05) is 0 Å². The Morgan fingerprint density at radius 3 is 2.62 bits per heavy atom. The quantitative estimate of drug-likeness (QED) is 0.510. The third-order valence-electron chi connectivity index (χ3n) is 5.80. The number of pyridine rings is 2. The molecule has 1 saturated heterocycles. The van der Waals surface area contributed by atoms with E-state index in [1.165, 1.54) is 30.7 Å². The van der Waals surface area contributed by atoms with Crippen molar-refractivity contribution in [1.29, 1.82) is 0 Å². The Balaban J connectivity index is 1.38. The van der Waals surface area contributed by atoms with Crippen molar-refractivity contribution in [3.63, 3.8) is 0 Å². The van der Waals surface area contributed by atoms with Gasteiger partial charge in [-0.25, -0.2) is 22.5 Å². The molecule has 178 valence electrons.